The van der Waals surface area contributed by atoms with Gasteiger partial charge in [0.05, 0.1) is 18.8 Å². The monoisotopic (exact) mass is 194 g/mol. The lowest BCUT2D eigenvalue weighted by atomic mass is 10.2. The Bertz CT molecular complexity index is 461. The fourth-order valence-corrected chi connectivity index (χ4v) is 1.80. The Morgan fingerprint density at radius 1 is 1.64 bits per heavy atom. The summed E-state index contributed by atoms with van der Waals surface area (Å²) in [5.41, 5.74) is 7.87. The second-order valence-electron chi connectivity index (χ2n) is 3.21. The van der Waals surface area contributed by atoms with Gasteiger partial charge in [0, 0.05) is 6.54 Å². The van der Waals surface area contributed by atoms with Crippen LogP contribution < -0.4 is 5.73 Å². The summed E-state index contributed by atoms with van der Waals surface area (Å²) in [4.78, 5) is 4.10. The van der Waals surface area contributed by atoms with Gasteiger partial charge in [-0.1, -0.05) is 0 Å². The Hall–Kier alpha value is -1.40. The van der Waals surface area contributed by atoms with Crippen molar-refractivity contribution in [2.24, 2.45) is 5.73 Å². The third-order valence-corrected chi connectivity index (χ3v) is 2.42. The van der Waals surface area contributed by atoms with Crippen LogP contribution in [0.2, 0.25) is 0 Å². The number of nitrogens with zero attached hydrogens (tertiary/aromatic N) is 3. The molecule has 0 amide bonds. The summed E-state index contributed by atoms with van der Waals surface area (Å²) in [6.45, 7) is 1.81. The summed E-state index contributed by atoms with van der Waals surface area (Å²) in [6.07, 6.45) is 1.28. The molecule has 0 saturated heterocycles. The molecule has 74 valence electrons. The lowest BCUT2D eigenvalue weighted by molar-refractivity contribution is 0.0234. The van der Waals surface area contributed by atoms with E-state index >= 15 is 0 Å². The highest BCUT2D eigenvalue weighted by Gasteiger charge is 2.26. The van der Waals surface area contributed by atoms with Crippen molar-refractivity contribution in [2.75, 3.05) is 13.2 Å². The zero-order valence-electron chi connectivity index (χ0n) is 7.51. The third-order valence-electron chi connectivity index (χ3n) is 2.42. The number of hydrogen-bond donors (Lipinski definition) is 1. The molecule has 1 atom stereocenters. The van der Waals surface area contributed by atoms with Gasteiger partial charge in [-0.3, -0.25) is 4.68 Å². The lowest BCUT2D eigenvalue weighted by Gasteiger charge is -2.22. The molecule has 1 aliphatic heterocycles. The first kappa shape index (κ1) is 7.95. The number of oxazole rings is 1. The van der Waals surface area contributed by atoms with E-state index < -0.39 is 0 Å². The van der Waals surface area contributed by atoms with E-state index in [0.717, 1.165) is 17.8 Å². The smallest absolute Gasteiger partial charge is 0.265 e. The van der Waals surface area contributed by atoms with Crippen LogP contribution in [0.3, 0.4) is 0 Å². The van der Waals surface area contributed by atoms with Crippen molar-refractivity contribution in [1.82, 2.24) is 14.8 Å². The topological polar surface area (TPSA) is 79.1 Å². The number of hydrogen-bond acceptors (Lipinski definition) is 5. The SMILES string of the molecule is NC[C@H]1OCCn2nc3ocnc3c21. The van der Waals surface area contributed by atoms with Gasteiger partial charge in [-0.15, -0.1) is 5.10 Å². The minimum Gasteiger partial charge on any atom is -0.424 e. The molecule has 0 bridgehead atoms. The maximum atomic E-state index is 5.61. The predicted octanol–water partition coefficient (Wildman–Crippen LogP) is 0.0543. The number of aromatic nitrogens is 3. The molecule has 0 spiro atoms. The van der Waals surface area contributed by atoms with Crippen molar-refractivity contribution in [1.29, 1.82) is 0 Å². The molecule has 0 unspecified atom stereocenters. The summed E-state index contributed by atoms with van der Waals surface area (Å²) in [5.74, 6) is 0. The molecule has 3 heterocycles. The zero-order chi connectivity index (χ0) is 9.54. The molecule has 0 aromatic carbocycles. The predicted molar refractivity (Wildman–Crippen MR) is 47.5 cm³/mol. The van der Waals surface area contributed by atoms with Crippen LogP contribution in [0.15, 0.2) is 10.8 Å². The largest absolute Gasteiger partial charge is 0.424 e. The summed E-state index contributed by atoms with van der Waals surface area (Å²) in [5, 5.41) is 4.26. The van der Waals surface area contributed by atoms with Gasteiger partial charge in [0.15, 0.2) is 11.9 Å². The molecule has 14 heavy (non-hydrogen) atoms. The van der Waals surface area contributed by atoms with Gasteiger partial charge in [-0.25, -0.2) is 4.98 Å². The van der Waals surface area contributed by atoms with Crippen LogP contribution in [0.25, 0.3) is 11.2 Å². The van der Waals surface area contributed by atoms with Crippen molar-refractivity contribution in [3.05, 3.63) is 12.1 Å². The van der Waals surface area contributed by atoms with Crippen LogP contribution >= 0.6 is 0 Å². The summed E-state index contributed by atoms with van der Waals surface area (Å²) >= 11 is 0. The molecule has 0 saturated carbocycles. The number of nitrogens with two attached hydrogens (primary N) is 1. The van der Waals surface area contributed by atoms with Crippen LogP contribution in [0.5, 0.6) is 0 Å². The van der Waals surface area contributed by atoms with E-state index in [1.54, 1.807) is 0 Å². The second kappa shape index (κ2) is 2.79. The van der Waals surface area contributed by atoms with E-state index in [-0.39, 0.29) is 6.10 Å². The molecule has 0 fully saturated rings. The molecule has 3 rings (SSSR count). The molecule has 0 radical (unpaired) electrons. The highest BCUT2D eigenvalue weighted by Crippen LogP contribution is 2.27. The number of ether oxygens (including phenoxy) is 1. The van der Waals surface area contributed by atoms with E-state index in [2.05, 4.69) is 10.1 Å². The molecular weight excluding hydrogens is 184 g/mol. The van der Waals surface area contributed by atoms with Gasteiger partial charge in [0.1, 0.15) is 6.10 Å². The van der Waals surface area contributed by atoms with E-state index in [1.165, 1.54) is 6.39 Å². The number of rotatable bonds is 1. The Morgan fingerprint density at radius 2 is 2.57 bits per heavy atom. The minimum absolute atomic E-state index is 0.112. The summed E-state index contributed by atoms with van der Waals surface area (Å²) < 4.78 is 12.5. The summed E-state index contributed by atoms with van der Waals surface area (Å²) in [6, 6.07) is 0. The first-order valence-electron chi connectivity index (χ1n) is 4.51. The standard InChI is InChI=1S/C8H10N4O2/c9-3-5-7-6-8(14-4-10-6)11-12(7)1-2-13-5/h4-5H,1-3,9H2/t5-/m1/s1. The Morgan fingerprint density at radius 3 is 3.43 bits per heavy atom. The zero-order valence-corrected chi connectivity index (χ0v) is 7.51. The Balaban J connectivity index is 2.24. The maximum Gasteiger partial charge on any atom is 0.265 e. The average molecular weight is 194 g/mol. The summed E-state index contributed by atoms with van der Waals surface area (Å²) in [7, 11) is 0. The molecule has 6 heteroatoms. The van der Waals surface area contributed by atoms with Crippen LogP contribution in [-0.2, 0) is 11.3 Å². The quantitative estimate of drug-likeness (QED) is 0.694. The fraction of sp³-hybridized carbons (Fsp3) is 0.500. The van der Waals surface area contributed by atoms with Gasteiger partial charge in [-0.2, -0.15) is 0 Å². The van der Waals surface area contributed by atoms with Gasteiger partial charge in [0.2, 0.25) is 0 Å². The normalized spacial score (nSPS) is 21.4. The maximum absolute atomic E-state index is 5.61. The van der Waals surface area contributed by atoms with Crippen LogP contribution in [-0.4, -0.2) is 27.9 Å². The Labute approximate surface area is 79.6 Å². The van der Waals surface area contributed by atoms with Crippen molar-refractivity contribution in [3.8, 4) is 0 Å². The van der Waals surface area contributed by atoms with Crippen LogP contribution in [0.1, 0.15) is 11.8 Å². The first-order chi connectivity index (χ1) is 6.90. The van der Waals surface area contributed by atoms with E-state index in [0.29, 0.717) is 18.9 Å². The van der Waals surface area contributed by atoms with E-state index in [4.69, 9.17) is 14.9 Å². The molecular formula is C8H10N4O2. The van der Waals surface area contributed by atoms with Gasteiger partial charge in [-0.05, 0) is 0 Å². The fourth-order valence-electron chi connectivity index (χ4n) is 1.80. The van der Waals surface area contributed by atoms with Gasteiger partial charge >= 0.3 is 0 Å². The molecule has 2 N–H and O–H groups in total. The minimum atomic E-state index is -0.112. The molecule has 6 nitrogen and oxygen atoms in total. The third kappa shape index (κ3) is 0.919. The highest BCUT2D eigenvalue weighted by molar-refractivity contribution is 5.71. The highest BCUT2D eigenvalue weighted by atomic mass is 16.5. The van der Waals surface area contributed by atoms with Gasteiger partial charge < -0.3 is 14.9 Å². The van der Waals surface area contributed by atoms with Crippen molar-refractivity contribution < 1.29 is 9.15 Å². The van der Waals surface area contributed by atoms with E-state index in [1.807, 2.05) is 4.68 Å². The molecule has 2 aromatic rings. The first-order valence-corrected chi connectivity index (χ1v) is 4.51. The second-order valence-corrected chi connectivity index (χ2v) is 3.21. The van der Waals surface area contributed by atoms with Crippen molar-refractivity contribution in [3.63, 3.8) is 0 Å². The molecule has 0 aliphatic carbocycles. The van der Waals surface area contributed by atoms with Crippen molar-refractivity contribution in [2.45, 2.75) is 12.6 Å². The lowest BCUT2D eigenvalue weighted by Crippen LogP contribution is -2.27. The van der Waals surface area contributed by atoms with E-state index in [9.17, 15) is 0 Å². The van der Waals surface area contributed by atoms with Crippen LogP contribution in [0.4, 0.5) is 0 Å². The van der Waals surface area contributed by atoms with Crippen LogP contribution in [0, 0.1) is 0 Å². The molecule has 1 aliphatic rings. The average Bonchev–Trinajstić information content (AvgIpc) is 2.75. The van der Waals surface area contributed by atoms with Gasteiger partial charge in [0.25, 0.3) is 5.71 Å². The Kier molecular flexibility index (Phi) is 1.59. The van der Waals surface area contributed by atoms with Crippen molar-refractivity contribution >= 4 is 11.2 Å². The molecule has 2 aromatic heterocycles. The number of fused-ring (bicyclic) bond motifs is 3.